The van der Waals surface area contributed by atoms with Gasteiger partial charge in [-0.3, -0.25) is 14.4 Å². The predicted molar refractivity (Wildman–Crippen MR) is 302 cm³/mol. The van der Waals surface area contributed by atoms with Crippen LogP contribution in [0.5, 0.6) is 0 Å². The van der Waals surface area contributed by atoms with Gasteiger partial charge in [-0.1, -0.05) is 293 Å². The highest BCUT2D eigenvalue weighted by Crippen LogP contribution is 2.17. The molecule has 0 fully saturated rings. The van der Waals surface area contributed by atoms with Gasteiger partial charge in [0.05, 0.1) is 0 Å². The number of allylic oxidation sites excluding steroid dienone is 12. The molecule has 0 heterocycles. The van der Waals surface area contributed by atoms with E-state index in [1.54, 1.807) is 0 Å². The van der Waals surface area contributed by atoms with Gasteiger partial charge in [0.1, 0.15) is 13.2 Å². The second-order valence-electron chi connectivity index (χ2n) is 19.9. The summed E-state index contributed by atoms with van der Waals surface area (Å²) in [6.45, 7) is 6.49. The Kier molecular flexibility index (Phi) is 55.8. The minimum absolute atomic E-state index is 0.0947. The molecule has 70 heavy (non-hydrogen) atoms. The lowest BCUT2D eigenvalue weighted by Crippen LogP contribution is -2.30. The average molecular weight is 978 g/mol. The Balaban J connectivity index is 4.40. The summed E-state index contributed by atoms with van der Waals surface area (Å²) in [4.78, 5) is 38.1. The van der Waals surface area contributed by atoms with Crippen molar-refractivity contribution in [1.29, 1.82) is 0 Å². The summed E-state index contributed by atoms with van der Waals surface area (Å²) in [6, 6.07) is 0. The lowest BCUT2D eigenvalue weighted by Gasteiger charge is -2.18. The molecule has 0 saturated heterocycles. The third-order valence-corrected chi connectivity index (χ3v) is 13.0. The zero-order valence-electron chi connectivity index (χ0n) is 46.3. The summed E-state index contributed by atoms with van der Waals surface area (Å²) in [5.41, 5.74) is 0. The van der Waals surface area contributed by atoms with Gasteiger partial charge in [-0.05, 0) is 57.8 Å². The first-order valence-corrected chi connectivity index (χ1v) is 29.9. The average Bonchev–Trinajstić information content (AvgIpc) is 3.36. The van der Waals surface area contributed by atoms with E-state index in [1.165, 1.54) is 173 Å². The number of esters is 3. The van der Waals surface area contributed by atoms with Gasteiger partial charge in [-0.25, -0.2) is 0 Å². The Morgan fingerprint density at radius 2 is 0.557 bits per heavy atom. The molecule has 0 aliphatic heterocycles. The molecule has 0 aliphatic carbocycles. The monoisotopic (exact) mass is 977 g/mol. The number of unbranched alkanes of at least 4 members (excludes halogenated alkanes) is 31. The fourth-order valence-corrected chi connectivity index (χ4v) is 8.53. The van der Waals surface area contributed by atoms with Crippen LogP contribution in [0.15, 0.2) is 72.9 Å². The van der Waals surface area contributed by atoms with Gasteiger partial charge in [0.2, 0.25) is 0 Å². The van der Waals surface area contributed by atoms with Crippen LogP contribution in [0.1, 0.15) is 297 Å². The van der Waals surface area contributed by atoms with Crippen LogP contribution >= 0.6 is 0 Å². The van der Waals surface area contributed by atoms with Crippen LogP contribution < -0.4 is 0 Å². The molecule has 0 bridgehead atoms. The maximum absolute atomic E-state index is 12.9. The van der Waals surface area contributed by atoms with Crippen LogP contribution in [0.3, 0.4) is 0 Å². The molecule has 404 valence electrons. The van der Waals surface area contributed by atoms with Gasteiger partial charge in [0.25, 0.3) is 0 Å². The van der Waals surface area contributed by atoms with Crippen LogP contribution in [-0.2, 0) is 28.6 Å². The smallest absolute Gasteiger partial charge is 0.306 e. The zero-order chi connectivity index (χ0) is 50.7. The quantitative estimate of drug-likeness (QED) is 0.0261. The molecular formula is C64H112O6. The second-order valence-corrected chi connectivity index (χ2v) is 19.9. The molecule has 0 rings (SSSR count). The number of hydrogen-bond donors (Lipinski definition) is 0. The highest BCUT2D eigenvalue weighted by Gasteiger charge is 2.19. The fraction of sp³-hybridized carbons (Fsp3) is 0.766. The number of carbonyl (C=O) groups is 3. The van der Waals surface area contributed by atoms with Crippen LogP contribution in [-0.4, -0.2) is 37.2 Å². The SMILES string of the molecule is CC/C=C\C/C=C\C/C=C\C/C=C\C/C=C\C/C=C\CCC(=O)OC[C@H](COC(=O)CCCCCCCCCCCCCC)OC(=O)CCCCCCCCCCCCCCCCCCCCCCC. The molecule has 0 aromatic heterocycles. The first-order chi connectivity index (χ1) is 34.5. The van der Waals surface area contributed by atoms with E-state index in [2.05, 4.69) is 87.6 Å². The van der Waals surface area contributed by atoms with Crippen molar-refractivity contribution < 1.29 is 28.6 Å². The Hall–Kier alpha value is -3.15. The van der Waals surface area contributed by atoms with Crippen molar-refractivity contribution in [2.24, 2.45) is 0 Å². The molecule has 6 nitrogen and oxygen atoms in total. The van der Waals surface area contributed by atoms with Gasteiger partial charge in [-0.2, -0.15) is 0 Å². The van der Waals surface area contributed by atoms with Gasteiger partial charge in [0.15, 0.2) is 6.10 Å². The van der Waals surface area contributed by atoms with E-state index >= 15 is 0 Å². The lowest BCUT2D eigenvalue weighted by molar-refractivity contribution is -0.166. The Labute approximate surface area is 433 Å². The third kappa shape index (κ3) is 55.8. The first kappa shape index (κ1) is 66.9. The maximum atomic E-state index is 12.9. The number of carbonyl (C=O) groups excluding carboxylic acids is 3. The molecule has 0 aromatic rings. The minimum Gasteiger partial charge on any atom is -0.462 e. The van der Waals surface area contributed by atoms with Gasteiger partial charge >= 0.3 is 17.9 Å². The molecule has 0 amide bonds. The Morgan fingerprint density at radius 3 is 0.871 bits per heavy atom. The van der Waals surface area contributed by atoms with Crippen molar-refractivity contribution in [3.63, 3.8) is 0 Å². The number of rotatable bonds is 54. The van der Waals surface area contributed by atoms with Crippen molar-refractivity contribution in [3.8, 4) is 0 Å². The maximum Gasteiger partial charge on any atom is 0.306 e. The van der Waals surface area contributed by atoms with E-state index in [-0.39, 0.29) is 37.5 Å². The summed E-state index contributed by atoms with van der Waals surface area (Å²) in [5.74, 6) is -0.969. The van der Waals surface area contributed by atoms with Crippen LogP contribution in [0.4, 0.5) is 0 Å². The summed E-state index contributed by atoms with van der Waals surface area (Å²) < 4.78 is 16.8. The van der Waals surface area contributed by atoms with Gasteiger partial charge in [0, 0.05) is 19.3 Å². The third-order valence-electron chi connectivity index (χ3n) is 13.0. The van der Waals surface area contributed by atoms with Crippen molar-refractivity contribution in [3.05, 3.63) is 72.9 Å². The van der Waals surface area contributed by atoms with E-state index in [0.29, 0.717) is 19.3 Å². The summed E-state index contributed by atoms with van der Waals surface area (Å²) in [7, 11) is 0. The standard InChI is InChI=1S/C64H112O6/c1-4-7-10-13-16-19-22-25-27-29-31-32-34-36-38-40-43-46-49-52-55-58-64(67)70-61(59-68-62(65)56-53-50-47-44-41-24-21-18-15-12-9-6-3)60-69-63(66)57-54-51-48-45-42-39-37-35-33-30-28-26-23-20-17-14-11-8-5-2/h8,11,17,20,26,28,33,35,39,42,48,51,61H,4-7,9-10,12-16,18-19,21-25,27,29-32,34,36-38,40-41,43-47,49-50,52-60H2,1-3H3/b11-8-,20-17-,28-26-,35-33-,42-39-,51-48-/t61-/m0/s1. The summed E-state index contributed by atoms with van der Waals surface area (Å²) >= 11 is 0. The van der Waals surface area contributed by atoms with E-state index in [1.807, 2.05) is 6.08 Å². The van der Waals surface area contributed by atoms with E-state index in [0.717, 1.165) is 77.0 Å². The Bertz CT molecular complexity index is 1310. The molecule has 0 unspecified atom stereocenters. The normalized spacial score (nSPS) is 12.6. The molecular weight excluding hydrogens is 865 g/mol. The van der Waals surface area contributed by atoms with Crippen molar-refractivity contribution in [2.75, 3.05) is 13.2 Å². The molecule has 0 spiro atoms. The Morgan fingerprint density at radius 1 is 0.300 bits per heavy atom. The molecule has 0 aromatic carbocycles. The predicted octanol–water partition coefficient (Wildman–Crippen LogP) is 20.2. The largest absolute Gasteiger partial charge is 0.462 e. The zero-order valence-corrected chi connectivity index (χ0v) is 46.3. The number of ether oxygens (including phenoxy) is 3. The topological polar surface area (TPSA) is 78.9 Å². The van der Waals surface area contributed by atoms with E-state index in [4.69, 9.17) is 14.2 Å². The molecule has 0 N–H and O–H groups in total. The highest BCUT2D eigenvalue weighted by molar-refractivity contribution is 5.71. The van der Waals surface area contributed by atoms with Crippen molar-refractivity contribution in [2.45, 2.75) is 303 Å². The van der Waals surface area contributed by atoms with Crippen LogP contribution in [0.2, 0.25) is 0 Å². The van der Waals surface area contributed by atoms with Gasteiger partial charge in [-0.15, -0.1) is 0 Å². The lowest BCUT2D eigenvalue weighted by atomic mass is 10.0. The van der Waals surface area contributed by atoms with Gasteiger partial charge < -0.3 is 14.2 Å². The van der Waals surface area contributed by atoms with E-state index < -0.39 is 6.10 Å². The highest BCUT2D eigenvalue weighted by atomic mass is 16.6. The van der Waals surface area contributed by atoms with Crippen LogP contribution in [0, 0.1) is 0 Å². The summed E-state index contributed by atoms with van der Waals surface area (Å²) in [6.07, 6.45) is 74.9. The van der Waals surface area contributed by atoms with Crippen LogP contribution in [0.25, 0.3) is 0 Å². The van der Waals surface area contributed by atoms with E-state index in [9.17, 15) is 14.4 Å². The molecule has 0 saturated carbocycles. The summed E-state index contributed by atoms with van der Waals surface area (Å²) in [5, 5.41) is 0. The van der Waals surface area contributed by atoms with Crippen molar-refractivity contribution in [1.82, 2.24) is 0 Å². The molecule has 0 aliphatic rings. The minimum atomic E-state index is -0.803. The molecule has 1 atom stereocenters. The number of hydrogen-bond acceptors (Lipinski definition) is 6. The fourth-order valence-electron chi connectivity index (χ4n) is 8.53. The molecule has 0 radical (unpaired) electrons. The first-order valence-electron chi connectivity index (χ1n) is 29.9. The van der Waals surface area contributed by atoms with Crippen molar-refractivity contribution >= 4 is 17.9 Å². The molecule has 6 heteroatoms. The second kappa shape index (κ2) is 58.4.